The monoisotopic (exact) mass is 1010 g/mol. The van der Waals surface area contributed by atoms with Crippen LogP contribution in [-0.2, 0) is 38.0 Å². The molecule has 0 saturated carbocycles. The lowest BCUT2D eigenvalue weighted by atomic mass is 9.98. The fourth-order valence-electron chi connectivity index (χ4n) is 8.76. The van der Waals surface area contributed by atoms with Crippen LogP contribution in [0.3, 0.4) is 0 Å². The van der Waals surface area contributed by atoms with Crippen LogP contribution in [0.1, 0.15) is 213 Å². The van der Waals surface area contributed by atoms with Gasteiger partial charge in [0.25, 0.3) is 0 Å². The summed E-state index contributed by atoms with van der Waals surface area (Å²) in [5, 5.41) is 72.2. The van der Waals surface area contributed by atoms with Crippen molar-refractivity contribution in [3.63, 3.8) is 0 Å². The molecule has 71 heavy (non-hydrogen) atoms. The van der Waals surface area contributed by atoms with Gasteiger partial charge in [-0.05, 0) is 44.9 Å². The van der Waals surface area contributed by atoms with E-state index in [0.29, 0.717) is 19.3 Å². The second kappa shape index (κ2) is 43.0. The third-order valence-electron chi connectivity index (χ3n) is 13.4. The Balaban J connectivity index is 1.79. The number of carbonyl (C=O) groups excluding carboxylic acids is 2. The quantitative estimate of drug-likeness (QED) is 0.0172. The number of allylic oxidation sites excluding steroid dienone is 6. The van der Waals surface area contributed by atoms with Crippen LogP contribution in [0, 0.1) is 0 Å². The van der Waals surface area contributed by atoms with E-state index in [2.05, 4.69) is 44.2 Å². The number of ether oxygens (including phenoxy) is 6. The van der Waals surface area contributed by atoms with Crippen molar-refractivity contribution in [2.45, 2.75) is 280 Å². The van der Waals surface area contributed by atoms with Crippen LogP contribution >= 0.6 is 0 Å². The standard InChI is InChI=1S/C56H100O15/c1-3-5-7-9-11-13-15-17-19-21-23-25-27-29-31-33-35-37-39-48(59)69-44(41-66-47(58)38-36-34-32-30-28-26-24-22-20-18-16-14-12-10-8-6-4-2)42-67-55-54(65)52(63)50(61)46(71-55)43-68-56-53(64)51(62)49(60)45(40-57)70-56/h18,20,24,26,30,32,44-46,49-57,60-65H,3-17,19,21-23,25,27-29,31,33-43H2,1-2H3/b20-18+,26-24+,32-30+/t44-,45+,46+,49-,50-,51?,52?,53?,54?,55+,56+/m1/s1. The third kappa shape index (κ3) is 30.6. The minimum atomic E-state index is -1.77. The fraction of sp³-hybridized carbons (Fsp3) is 0.857. The van der Waals surface area contributed by atoms with Crippen LogP contribution in [-0.4, -0.2) is 142 Å². The number of rotatable bonds is 44. The van der Waals surface area contributed by atoms with Gasteiger partial charge in [0.15, 0.2) is 18.7 Å². The van der Waals surface area contributed by atoms with E-state index in [0.717, 1.165) is 38.5 Å². The van der Waals surface area contributed by atoms with E-state index in [9.17, 15) is 45.3 Å². The Bertz CT molecular complexity index is 1380. The molecule has 0 amide bonds. The van der Waals surface area contributed by atoms with Gasteiger partial charge >= 0.3 is 11.9 Å². The molecule has 0 bridgehead atoms. The Morgan fingerprint density at radius 3 is 1.37 bits per heavy atom. The van der Waals surface area contributed by atoms with Crippen molar-refractivity contribution >= 4 is 11.9 Å². The minimum Gasteiger partial charge on any atom is -0.462 e. The molecule has 2 aliphatic heterocycles. The molecule has 2 rings (SSSR count). The Morgan fingerprint density at radius 1 is 0.451 bits per heavy atom. The van der Waals surface area contributed by atoms with Crippen molar-refractivity contribution in [1.82, 2.24) is 0 Å². The molecule has 15 nitrogen and oxygen atoms in total. The van der Waals surface area contributed by atoms with Crippen LogP contribution < -0.4 is 0 Å². The molecule has 11 atom stereocenters. The maximum absolute atomic E-state index is 13.0. The normalized spacial score (nSPS) is 25.4. The average Bonchev–Trinajstić information content (AvgIpc) is 3.36. The predicted molar refractivity (Wildman–Crippen MR) is 275 cm³/mol. The zero-order chi connectivity index (χ0) is 51.7. The van der Waals surface area contributed by atoms with Gasteiger partial charge in [-0.25, -0.2) is 0 Å². The number of aliphatic hydroxyl groups is 7. The summed E-state index contributed by atoms with van der Waals surface area (Å²) in [5.74, 6) is -0.977. The minimum absolute atomic E-state index is 0.148. The van der Waals surface area contributed by atoms with Crippen LogP contribution in [0.4, 0.5) is 0 Å². The zero-order valence-electron chi connectivity index (χ0n) is 44.0. The SMILES string of the molecule is CCCCCCCC/C=C/C/C=C/C/C=C/CCCC(=O)OC[C@H](CO[C@H]1O[C@@H](CO[C@H]2O[C@@H](CO)[C@@H](O)C(O)C2O)[C@@H](O)C(O)C1O)OC(=O)CCCCCCCCCCCCCCCCCCCC. The molecule has 2 saturated heterocycles. The van der Waals surface area contributed by atoms with Gasteiger partial charge in [0.05, 0.1) is 19.8 Å². The average molecular weight is 1010 g/mol. The van der Waals surface area contributed by atoms with E-state index in [1.807, 2.05) is 6.08 Å². The van der Waals surface area contributed by atoms with E-state index in [1.54, 1.807) is 0 Å². The van der Waals surface area contributed by atoms with E-state index in [-0.39, 0.29) is 19.4 Å². The van der Waals surface area contributed by atoms with Gasteiger partial charge in [-0.3, -0.25) is 9.59 Å². The number of aliphatic hydroxyl groups excluding tert-OH is 7. The smallest absolute Gasteiger partial charge is 0.306 e. The first-order valence-electron chi connectivity index (χ1n) is 28.1. The lowest BCUT2D eigenvalue weighted by Gasteiger charge is -2.42. The summed E-state index contributed by atoms with van der Waals surface area (Å²) < 4.78 is 33.6. The predicted octanol–water partition coefficient (Wildman–Crippen LogP) is 8.88. The van der Waals surface area contributed by atoms with Crippen molar-refractivity contribution in [3.05, 3.63) is 36.5 Å². The Morgan fingerprint density at radius 2 is 0.859 bits per heavy atom. The Hall–Kier alpha value is -2.28. The molecule has 2 fully saturated rings. The van der Waals surface area contributed by atoms with Crippen molar-refractivity contribution in [3.8, 4) is 0 Å². The van der Waals surface area contributed by atoms with Crippen LogP contribution in [0.25, 0.3) is 0 Å². The summed E-state index contributed by atoms with van der Waals surface area (Å²) >= 11 is 0. The molecular weight excluding hydrogens is 913 g/mol. The molecule has 4 unspecified atom stereocenters. The van der Waals surface area contributed by atoms with Crippen LogP contribution in [0.15, 0.2) is 36.5 Å². The van der Waals surface area contributed by atoms with E-state index in [1.165, 1.54) is 128 Å². The van der Waals surface area contributed by atoms with E-state index >= 15 is 0 Å². The van der Waals surface area contributed by atoms with Crippen molar-refractivity contribution in [2.75, 3.05) is 26.4 Å². The summed E-state index contributed by atoms with van der Waals surface area (Å²) in [6, 6.07) is 0. The first-order chi connectivity index (χ1) is 34.5. The first kappa shape index (κ1) is 64.8. The molecule has 15 heteroatoms. The zero-order valence-corrected chi connectivity index (χ0v) is 44.0. The van der Waals surface area contributed by atoms with Crippen LogP contribution in [0.2, 0.25) is 0 Å². The molecule has 0 aliphatic carbocycles. The third-order valence-corrected chi connectivity index (χ3v) is 13.4. The summed E-state index contributed by atoms with van der Waals surface area (Å²) in [7, 11) is 0. The largest absolute Gasteiger partial charge is 0.462 e. The van der Waals surface area contributed by atoms with Gasteiger partial charge in [-0.2, -0.15) is 0 Å². The lowest BCUT2D eigenvalue weighted by molar-refractivity contribution is -0.332. The molecule has 0 radical (unpaired) electrons. The molecule has 2 heterocycles. The number of esters is 2. The molecule has 0 aromatic rings. The van der Waals surface area contributed by atoms with Gasteiger partial charge in [0.1, 0.15) is 55.4 Å². The number of hydrogen-bond donors (Lipinski definition) is 7. The number of hydrogen-bond acceptors (Lipinski definition) is 15. The molecule has 414 valence electrons. The van der Waals surface area contributed by atoms with Crippen molar-refractivity contribution < 1.29 is 73.8 Å². The van der Waals surface area contributed by atoms with Crippen LogP contribution in [0.5, 0.6) is 0 Å². The van der Waals surface area contributed by atoms with E-state index < -0.39 is 99.3 Å². The Kier molecular flexibility index (Phi) is 39.3. The van der Waals surface area contributed by atoms with Gasteiger partial charge in [0.2, 0.25) is 0 Å². The highest BCUT2D eigenvalue weighted by molar-refractivity contribution is 5.70. The van der Waals surface area contributed by atoms with Crippen molar-refractivity contribution in [1.29, 1.82) is 0 Å². The number of carbonyl (C=O) groups is 2. The summed E-state index contributed by atoms with van der Waals surface area (Å²) in [4.78, 5) is 25.8. The van der Waals surface area contributed by atoms with E-state index in [4.69, 9.17) is 28.4 Å². The fourth-order valence-corrected chi connectivity index (χ4v) is 8.76. The highest BCUT2D eigenvalue weighted by Gasteiger charge is 2.47. The highest BCUT2D eigenvalue weighted by Crippen LogP contribution is 2.27. The second-order valence-corrected chi connectivity index (χ2v) is 19.8. The first-order valence-corrected chi connectivity index (χ1v) is 28.1. The summed E-state index contributed by atoms with van der Waals surface area (Å²) in [6.45, 7) is 2.56. The molecule has 0 aromatic heterocycles. The van der Waals surface area contributed by atoms with Gasteiger partial charge in [-0.1, -0.05) is 192 Å². The molecule has 0 aromatic carbocycles. The molecule has 7 N–H and O–H groups in total. The van der Waals surface area contributed by atoms with Gasteiger partial charge in [-0.15, -0.1) is 0 Å². The maximum atomic E-state index is 13.0. The molecule has 0 spiro atoms. The Labute approximate surface area is 427 Å². The van der Waals surface area contributed by atoms with Gasteiger partial charge in [0, 0.05) is 12.8 Å². The van der Waals surface area contributed by atoms with Gasteiger partial charge < -0.3 is 64.2 Å². The summed E-state index contributed by atoms with van der Waals surface area (Å²) in [5.41, 5.74) is 0. The maximum Gasteiger partial charge on any atom is 0.306 e. The molecule has 2 aliphatic rings. The van der Waals surface area contributed by atoms with Crippen molar-refractivity contribution in [2.24, 2.45) is 0 Å². The topological polar surface area (TPSA) is 231 Å². The second-order valence-electron chi connectivity index (χ2n) is 19.8. The number of unbranched alkanes of at least 4 members (excludes halogenated alkanes) is 24. The highest BCUT2D eigenvalue weighted by atomic mass is 16.7. The molecular formula is C56H100O15. The summed E-state index contributed by atoms with van der Waals surface area (Å²) in [6.07, 6.45) is 30.3. The lowest BCUT2D eigenvalue weighted by Crippen LogP contribution is -2.61.